The number of benzene rings is 4. The van der Waals surface area contributed by atoms with Crippen LogP contribution in [-0.4, -0.2) is 26.2 Å². The molecule has 4 aromatic carbocycles. The van der Waals surface area contributed by atoms with E-state index in [0.29, 0.717) is 17.6 Å². The molecule has 0 amide bonds. The fraction of sp³-hybridized carbons (Fsp3) is 0.143. The molecule has 0 aromatic heterocycles. The van der Waals surface area contributed by atoms with Crippen LogP contribution in [0.25, 0.3) is 22.3 Å². The van der Waals surface area contributed by atoms with E-state index in [1.807, 2.05) is 12.1 Å². The molecule has 168 valence electrons. The summed E-state index contributed by atoms with van der Waals surface area (Å²) in [7, 11) is 0.691. The number of nitrogens with zero attached hydrogens (tertiary/aromatic N) is 2. The molecule has 0 radical (unpaired) electrons. The zero-order chi connectivity index (χ0) is 22.5. The minimum Gasteiger partial charge on any atom is -0.472 e. The first-order valence-electron chi connectivity index (χ1n) is 11.7. The average molecular weight is 482 g/mol. The first-order valence-corrected chi connectivity index (χ1v) is 13.5. The molecule has 3 aliphatic rings. The lowest BCUT2D eigenvalue weighted by Crippen LogP contribution is -2.48. The molecule has 34 heavy (non-hydrogen) atoms. The lowest BCUT2D eigenvalue weighted by atomic mass is 10.0. The van der Waals surface area contributed by atoms with E-state index in [0.717, 1.165) is 37.7 Å². The first-order chi connectivity index (χ1) is 16.9. The number of anilines is 2. The van der Waals surface area contributed by atoms with E-state index in [1.54, 1.807) is 0 Å². The van der Waals surface area contributed by atoms with Crippen molar-refractivity contribution < 1.29 is 9.05 Å². The number of para-hydroxylation sites is 2. The highest BCUT2D eigenvalue weighted by Gasteiger charge is 2.27. The Hall–Kier alpha value is -3.06. The summed E-state index contributed by atoms with van der Waals surface area (Å²) in [5.74, 6) is 1.99. The standard InChI is InChI=1S/C28H24N2O2P2/c1-3-13-25-19(7-1)21-9-5-11-23(27(21)33-31-25)29-15-17-30(18-16-29)24-12-6-10-22-20-8-2-4-14-26(20)32-34-28(22)24/h1-14,33-34H,15-18H2. The predicted octanol–water partition coefficient (Wildman–Crippen LogP) is 5.57. The second kappa shape index (κ2) is 8.31. The van der Waals surface area contributed by atoms with Gasteiger partial charge in [0.1, 0.15) is 29.1 Å². The van der Waals surface area contributed by atoms with Crippen LogP contribution in [0.4, 0.5) is 11.4 Å². The molecule has 3 heterocycles. The molecule has 1 saturated heterocycles. The van der Waals surface area contributed by atoms with Gasteiger partial charge in [-0.2, -0.15) is 0 Å². The van der Waals surface area contributed by atoms with Crippen LogP contribution in [0.15, 0.2) is 84.9 Å². The third-order valence-electron chi connectivity index (χ3n) is 6.93. The van der Waals surface area contributed by atoms with Crippen LogP contribution in [0.1, 0.15) is 0 Å². The van der Waals surface area contributed by atoms with E-state index < -0.39 is 0 Å². The molecule has 0 saturated carbocycles. The maximum Gasteiger partial charge on any atom is 0.131 e. The van der Waals surface area contributed by atoms with Gasteiger partial charge in [0.05, 0.1) is 0 Å². The van der Waals surface area contributed by atoms with Gasteiger partial charge in [-0.05, 0) is 35.4 Å². The molecule has 2 unspecified atom stereocenters. The van der Waals surface area contributed by atoms with Crippen molar-refractivity contribution in [3.05, 3.63) is 84.9 Å². The van der Waals surface area contributed by atoms with Crippen LogP contribution in [-0.2, 0) is 0 Å². The largest absolute Gasteiger partial charge is 0.472 e. The lowest BCUT2D eigenvalue weighted by Gasteiger charge is -2.40. The zero-order valence-electron chi connectivity index (χ0n) is 18.6. The van der Waals surface area contributed by atoms with Crippen molar-refractivity contribution in [3.8, 4) is 33.8 Å². The molecule has 4 nitrogen and oxygen atoms in total. The molecule has 0 bridgehead atoms. The highest BCUT2D eigenvalue weighted by molar-refractivity contribution is 7.43. The molecule has 3 aliphatic heterocycles. The maximum atomic E-state index is 6.14. The van der Waals surface area contributed by atoms with Crippen LogP contribution in [0.2, 0.25) is 0 Å². The predicted molar refractivity (Wildman–Crippen MR) is 145 cm³/mol. The van der Waals surface area contributed by atoms with Crippen LogP contribution in [0.3, 0.4) is 0 Å². The fourth-order valence-electron chi connectivity index (χ4n) is 5.23. The Morgan fingerprint density at radius 1 is 0.471 bits per heavy atom. The van der Waals surface area contributed by atoms with Gasteiger partial charge in [0, 0.05) is 59.3 Å². The maximum absolute atomic E-state index is 6.14. The SMILES string of the molecule is c1ccc2c(c1)OPc1c-2cccc1N1CCN(c2cccc3c2POc2ccccc2-3)CC1. The van der Waals surface area contributed by atoms with E-state index >= 15 is 0 Å². The molecule has 0 spiro atoms. The smallest absolute Gasteiger partial charge is 0.131 e. The third kappa shape index (κ3) is 3.28. The quantitative estimate of drug-likeness (QED) is 0.349. The molecule has 2 atom stereocenters. The normalized spacial score (nSPS) is 17.3. The molecular formula is C28H24N2O2P2. The van der Waals surface area contributed by atoms with E-state index in [1.165, 1.54) is 44.2 Å². The first kappa shape index (κ1) is 20.3. The Morgan fingerprint density at radius 2 is 0.882 bits per heavy atom. The Morgan fingerprint density at radius 3 is 1.35 bits per heavy atom. The van der Waals surface area contributed by atoms with Crippen molar-refractivity contribution in [1.29, 1.82) is 0 Å². The number of hydrogen-bond acceptors (Lipinski definition) is 4. The Bertz CT molecular complexity index is 1290. The van der Waals surface area contributed by atoms with Gasteiger partial charge in [-0.15, -0.1) is 0 Å². The van der Waals surface area contributed by atoms with Crippen molar-refractivity contribution in [2.75, 3.05) is 36.0 Å². The van der Waals surface area contributed by atoms with Gasteiger partial charge in [-0.3, -0.25) is 0 Å². The van der Waals surface area contributed by atoms with Crippen molar-refractivity contribution in [3.63, 3.8) is 0 Å². The topological polar surface area (TPSA) is 24.9 Å². The Labute approximate surface area is 203 Å². The molecule has 1 fully saturated rings. The summed E-state index contributed by atoms with van der Waals surface area (Å²) in [5, 5.41) is 2.66. The molecule has 7 rings (SSSR count). The zero-order valence-corrected chi connectivity index (χ0v) is 20.6. The van der Waals surface area contributed by atoms with Gasteiger partial charge in [-0.25, -0.2) is 0 Å². The van der Waals surface area contributed by atoms with E-state index in [4.69, 9.17) is 9.05 Å². The van der Waals surface area contributed by atoms with E-state index in [9.17, 15) is 0 Å². The molecule has 0 aliphatic carbocycles. The highest BCUT2D eigenvalue weighted by atomic mass is 31.1. The van der Waals surface area contributed by atoms with Crippen molar-refractivity contribution >= 4 is 39.6 Å². The summed E-state index contributed by atoms with van der Waals surface area (Å²) in [6, 6.07) is 30.1. The van der Waals surface area contributed by atoms with Crippen LogP contribution >= 0.6 is 17.6 Å². The minimum atomic E-state index is 0.346. The summed E-state index contributed by atoms with van der Waals surface area (Å²) in [6.07, 6.45) is 0. The summed E-state index contributed by atoms with van der Waals surface area (Å²) in [5.41, 5.74) is 7.67. The number of rotatable bonds is 2. The van der Waals surface area contributed by atoms with Crippen LogP contribution < -0.4 is 29.5 Å². The van der Waals surface area contributed by atoms with Gasteiger partial charge in [-0.1, -0.05) is 60.7 Å². The van der Waals surface area contributed by atoms with Gasteiger partial charge >= 0.3 is 0 Å². The lowest BCUT2D eigenvalue weighted by molar-refractivity contribution is 0.633. The van der Waals surface area contributed by atoms with E-state index in [-0.39, 0.29) is 0 Å². The van der Waals surface area contributed by atoms with Crippen molar-refractivity contribution in [2.45, 2.75) is 0 Å². The summed E-state index contributed by atoms with van der Waals surface area (Å²) in [4.78, 5) is 5.06. The van der Waals surface area contributed by atoms with Gasteiger partial charge < -0.3 is 18.8 Å². The summed E-state index contributed by atoms with van der Waals surface area (Å²) in [6.45, 7) is 3.97. The average Bonchev–Trinajstić information content (AvgIpc) is 2.92. The Kier molecular flexibility index (Phi) is 4.97. The van der Waals surface area contributed by atoms with Gasteiger partial charge in [0.15, 0.2) is 0 Å². The second-order valence-corrected chi connectivity index (χ2v) is 10.6. The third-order valence-corrected chi connectivity index (χ3v) is 9.03. The van der Waals surface area contributed by atoms with Crippen molar-refractivity contribution in [1.82, 2.24) is 0 Å². The minimum absolute atomic E-state index is 0.346. The highest BCUT2D eigenvalue weighted by Crippen LogP contribution is 2.43. The van der Waals surface area contributed by atoms with Gasteiger partial charge in [0.25, 0.3) is 0 Å². The Balaban J connectivity index is 1.16. The number of fused-ring (bicyclic) bond motifs is 6. The molecule has 0 N–H and O–H groups in total. The summed E-state index contributed by atoms with van der Waals surface area (Å²) < 4.78 is 12.3. The molecule has 6 heteroatoms. The monoisotopic (exact) mass is 482 g/mol. The van der Waals surface area contributed by atoms with Crippen LogP contribution in [0, 0.1) is 0 Å². The summed E-state index contributed by atoms with van der Waals surface area (Å²) >= 11 is 0. The molecule has 4 aromatic rings. The molecular weight excluding hydrogens is 458 g/mol. The van der Waals surface area contributed by atoms with Crippen molar-refractivity contribution in [2.24, 2.45) is 0 Å². The van der Waals surface area contributed by atoms with Gasteiger partial charge in [0.2, 0.25) is 0 Å². The number of hydrogen-bond donors (Lipinski definition) is 0. The second-order valence-electron chi connectivity index (χ2n) is 8.77. The number of piperazine rings is 1. The van der Waals surface area contributed by atoms with Crippen LogP contribution in [0.5, 0.6) is 11.5 Å². The fourth-order valence-corrected chi connectivity index (χ4v) is 7.36. The van der Waals surface area contributed by atoms with E-state index in [2.05, 4.69) is 82.6 Å².